The van der Waals surface area contributed by atoms with Crippen LogP contribution in [0, 0.1) is 34.5 Å². The van der Waals surface area contributed by atoms with E-state index in [1.165, 1.54) is 56.1 Å². The van der Waals surface area contributed by atoms with Crippen LogP contribution >= 0.6 is 0 Å². The average molecular weight is 383 g/mol. The molecule has 0 aliphatic heterocycles. The summed E-state index contributed by atoms with van der Waals surface area (Å²) in [7, 11) is 0. The van der Waals surface area contributed by atoms with E-state index in [0.717, 1.165) is 36.5 Å². The summed E-state index contributed by atoms with van der Waals surface area (Å²) in [5.74, 6) is 3.25. The van der Waals surface area contributed by atoms with Gasteiger partial charge in [0.05, 0.1) is 6.10 Å². The molecule has 1 nitrogen and oxygen atoms in total. The van der Waals surface area contributed by atoms with Gasteiger partial charge in [-0.05, 0) is 106 Å². The molecule has 0 spiro atoms. The number of aliphatic hydroxyl groups is 1. The SMILES string of the molecule is CC(C)=CCC[C@@H](C)[C@H]1CC[C@H]2C3=CC=C4C[C@@H](O)CC[C@]4(C)[C@@H]3CC[C@]12C. The first-order valence-corrected chi connectivity index (χ1v) is 12.0. The predicted molar refractivity (Wildman–Crippen MR) is 119 cm³/mol. The molecule has 0 saturated heterocycles. The Hall–Kier alpha value is -0.820. The minimum absolute atomic E-state index is 0.111. The monoisotopic (exact) mass is 382 g/mol. The van der Waals surface area contributed by atoms with Gasteiger partial charge in [-0.25, -0.2) is 0 Å². The molecule has 0 aromatic carbocycles. The van der Waals surface area contributed by atoms with Crippen molar-refractivity contribution in [1.29, 1.82) is 0 Å². The molecule has 1 N–H and O–H groups in total. The van der Waals surface area contributed by atoms with Gasteiger partial charge in [0.2, 0.25) is 0 Å². The van der Waals surface area contributed by atoms with Crippen molar-refractivity contribution in [3.63, 3.8) is 0 Å². The van der Waals surface area contributed by atoms with Crippen molar-refractivity contribution in [2.24, 2.45) is 34.5 Å². The second-order valence-electron chi connectivity index (χ2n) is 11.3. The van der Waals surface area contributed by atoms with Gasteiger partial charge in [0.1, 0.15) is 0 Å². The maximum absolute atomic E-state index is 10.2. The van der Waals surface area contributed by atoms with E-state index in [-0.39, 0.29) is 6.10 Å². The summed E-state index contributed by atoms with van der Waals surface area (Å²) >= 11 is 0. The Bertz CT molecular complexity index is 693. The fourth-order valence-corrected chi connectivity index (χ4v) is 7.79. The van der Waals surface area contributed by atoms with E-state index < -0.39 is 0 Å². The Labute approximate surface area is 173 Å². The number of allylic oxidation sites excluding steroid dienone is 5. The zero-order chi connectivity index (χ0) is 20.1. The molecule has 156 valence electrons. The fourth-order valence-electron chi connectivity index (χ4n) is 7.79. The predicted octanol–water partition coefficient (Wildman–Crippen LogP) is 7.23. The lowest BCUT2D eigenvalue weighted by molar-refractivity contribution is 0.0328. The minimum atomic E-state index is -0.111. The highest BCUT2D eigenvalue weighted by molar-refractivity contribution is 5.38. The lowest BCUT2D eigenvalue weighted by Crippen LogP contribution is -2.46. The molecule has 7 atom stereocenters. The molecule has 4 rings (SSSR count). The van der Waals surface area contributed by atoms with Crippen LogP contribution in [-0.4, -0.2) is 11.2 Å². The molecule has 4 aliphatic carbocycles. The van der Waals surface area contributed by atoms with Gasteiger partial charge >= 0.3 is 0 Å². The lowest BCUT2D eigenvalue weighted by Gasteiger charge is -2.55. The van der Waals surface area contributed by atoms with Gasteiger partial charge in [-0.3, -0.25) is 0 Å². The van der Waals surface area contributed by atoms with Gasteiger partial charge in [0.25, 0.3) is 0 Å². The van der Waals surface area contributed by atoms with Crippen LogP contribution in [0.3, 0.4) is 0 Å². The fraction of sp³-hybridized carbons (Fsp3) is 0.778. The molecule has 0 bridgehead atoms. The van der Waals surface area contributed by atoms with Crippen molar-refractivity contribution in [2.45, 2.75) is 98.5 Å². The Morgan fingerprint density at radius 1 is 1.11 bits per heavy atom. The molecule has 28 heavy (non-hydrogen) atoms. The maximum Gasteiger partial charge on any atom is 0.0578 e. The van der Waals surface area contributed by atoms with Gasteiger partial charge in [0, 0.05) is 0 Å². The average Bonchev–Trinajstić information content (AvgIpc) is 2.99. The van der Waals surface area contributed by atoms with Crippen molar-refractivity contribution >= 4 is 0 Å². The Kier molecular flexibility index (Phi) is 5.45. The van der Waals surface area contributed by atoms with E-state index in [1.54, 1.807) is 5.57 Å². The molecule has 3 fully saturated rings. The van der Waals surface area contributed by atoms with Gasteiger partial charge in [0.15, 0.2) is 0 Å². The summed E-state index contributed by atoms with van der Waals surface area (Å²) in [4.78, 5) is 0. The van der Waals surface area contributed by atoms with Gasteiger partial charge in [-0.1, -0.05) is 55.7 Å². The van der Waals surface area contributed by atoms with Crippen LogP contribution in [0.5, 0.6) is 0 Å². The molecular formula is C27H42O. The highest BCUT2D eigenvalue weighted by atomic mass is 16.3. The molecule has 1 heteroatoms. The molecule has 0 amide bonds. The van der Waals surface area contributed by atoms with Crippen molar-refractivity contribution in [3.8, 4) is 0 Å². The third-order valence-corrected chi connectivity index (χ3v) is 9.48. The Morgan fingerprint density at radius 3 is 2.64 bits per heavy atom. The molecule has 0 heterocycles. The summed E-state index contributed by atoms with van der Waals surface area (Å²) in [5.41, 5.74) is 5.60. The molecule has 4 aliphatic rings. The molecule has 0 unspecified atom stereocenters. The van der Waals surface area contributed by atoms with Crippen molar-refractivity contribution in [2.75, 3.05) is 0 Å². The minimum Gasteiger partial charge on any atom is -0.393 e. The molecular weight excluding hydrogens is 340 g/mol. The van der Waals surface area contributed by atoms with E-state index in [9.17, 15) is 5.11 Å². The smallest absolute Gasteiger partial charge is 0.0578 e. The number of hydrogen-bond donors (Lipinski definition) is 1. The summed E-state index contributed by atoms with van der Waals surface area (Å²) in [6, 6.07) is 0. The topological polar surface area (TPSA) is 20.2 Å². The summed E-state index contributed by atoms with van der Waals surface area (Å²) < 4.78 is 0. The van der Waals surface area contributed by atoms with Crippen molar-refractivity contribution < 1.29 is 5.11 Å². The lowest BCUT2D eigenvalue weighted by atomic mass is 9.50. The summed E-state index contributed by atoms with van der Waals surface area (Å²) in [5, 5.41) is 10.2. The molecule has 0 radical (unpaired) electrons. The standard InChI is InChI=1S/C27H42O/c1-18(2)7-6-8-19(3)23-11-12-24-22-10-9-20-17-21(28)13-15-26(20,4)25(22)14-16-27(23,24)5/h7,9-10,19,21,23-25,28H,6,8,11-17H2,1-5H3/t19-,21+,23-,24+,25-,26+,27-/m1/s1. The zero-order valence-electron chi connectivity index (χ0n) is 18.9. The number of rotatable bonds is 4. The quantitative estimate of drug-likeness (QED) is 0.508. The highest BCUT2D eigenvalue weighted by Gasteiger charge is 2.56. The normalized spacial score (nSPS) is 43.2. The van der Waals surface area contributed by atoms with Crippen LogP contribution in [0.2, 0.25) is 0 Å². The van der Waals surface area contributed by atoms with Crippen LogP contribution in [-0.2, 0) is 0 Å². The van der Waals surface area contributed by atoms with Crippen LogP contribution in [0.4, 0.5) is 0 Å². The molecule has 3 saturated carbocycles. The van der Waals surface area contributed by atoms with E-state index in [0.29, 0.717) is 10.8 Å². The van der Waals surface area contributed by atoms with Gasteiger partial charge in [-0.15, -0.1) is 0 Å². The number of fused-ring (bicyclic) bond motifs is 5. The summed E-state index contributed by atoms with van der Waals surface area (Å²) in [6.45, 7) is 12.1. The second-order valence-corrected chi connectivity index (χ2v) is 11.3. The zero-order valence-corrected chi connectivity index (χ0v) is 18.9. The largest absolute Gasteiger partial charge is 0.393 e. The Morgan fingerprint density at radius 2 is 1.89 bits per heavy atom. The third kappa shape index (κ3) is 3.26. The van der Waals surface area contributed by atoms with Crippen molar-refractivity contribution in [3.05, 3.63) is 34.9 Å². The van der Waals surface area contributed by atoms with E-state index in [2.05, 4.69) is 52.8 Å². The maximum atomic E-state index is 10.2. The Balaban J connectivity index is 1.55. The molecule has 0 aromatic heterocycles. The van der Waals surface area contributed by atoms with Crippen molar-refractivity contribution in [1.82, 2.24) is 0 Å². The van der Waals surface area contributed by atoms with E-state index >= 15 is 0 Å². The van der Waals surface area contributed by atoms with Crippen LogP contribution in [0.1, 0.15) is 92.4 Å². The van der Waals surface area contributed by atoms with Gasteiger partial charge < -0.3 is 5.11 Å². The van der Waals surface area contributed by atoms with E-state index in [4.69, 9.17) is 0 Å². The van der Waals surface area contributed by atoms with Crippen LogP contribution < -0.4 is 0 Å². The van der Waals surface area contributed by atoms with E-state index in [1.807, 2.05) is 0 Å². The van der Waals surface area contributed by atoms with Gasteiger partial charge in [-0.2, -0.15) is 0 Å². The number of aliphatic hydroxyl groups excluding tert-OH is 1. The third-order valence-electron chi connectivity index (χ3n) is 9.48. The second kappa shape index (κ2) is 7.46. The number of hydrogen-bond acceptors (Lipinski definition) is 1. The first kappa shape index (κ1) is 20.5. The van der Waals surface area contributed by atoms with Crippen LogP contribution in [0.25, 0.3) is 0 Å². The summed E-state index contributed by atoms with van der Waals surface area (Å²) in [6.07, 6.45) is 18.5. The van der Waals surface area contributed by atoms with Crippen LogP contribution in [0.15, 0.2) is 34.9 Å². The first-order valence-electron chi connectivity index (χ1n) is 12.0. The first-order chi connectivity index (χ1) is 13.3. The molecule has 0 aromatic rings. The highest BCUT2D eigenvalue weighted by Crippen LogP contribution is 2.66.